The zero-order valence-corrected chi connectivity index (χ0v) is 16.5. The number of hydrogen-bond acceptors (Lipinski definition) is 1. The highest BCUT2D eigenvalue weighted by Gasteiger charge is 2.43. The van der Waals surface area contributed by atoms with Crippen LogP contribution in [0.1, 0.15) is 32.1 Å². The fourth-order valence-electron chi connectivity index (χ4n) is 4.19. The topological polar surface area (TPSA) is 9.23 Å². The molecular formula is C17H25BrINO. The normalized spacial score (nSPS) is 31.9. The van der Waals surface area contributed by atoms with Gasteiger partial charge in [-0.3, -0.25) is 0 Å². The quantitative estimate of drug-likeness (QED) is 0.482. The van der Waals surface area contributed by atoms with E-state index in [9.17, 15) is 0 Å². The maximum absolute atomic E-state index is 6.11. The first-order valence-corrected chi connectivity index (χ1v) is 8.70. The molecule has 118 valence electrons. The van der Waals surface area contributed by atoms with Crippen LogP contribution in [0.15, 0.2) is 28.7 Å². The number of benzene rings is 1. The molecule has 1 aromatic rings. The molecule has 2 heterocycles. The molecular weight excluding hydrogens is 441 g/mol. The van der Waals surface area contributed by atoms with E-state index < -0.39 is 0 Å². The van der Waals surface area contributed by atoms with Crippen LogP contribution >= 0.6 is 15.9 Å². The summed E-state index contributed by atoms with van der Waals surface area (Å²) in [6, 6.07) is 9.01. The van der Waals surface area contributed by atoms with Crippen molar-refractivity contribution in [3.05, 3.63) is 28.7 Å². The molecule has 2 fully saturated rings. The highest BCUT2D eigenvalue weighted by molar-refractivity contribution is 9.10. The summed E-state index contributed by atoms with van der Waals surface area (Å²) >= 11 is 3.57. The lowest BCUT2D eigenvalue weighted by Gasteiger charge is -2.51. The molecule has 0 amide bonds. The van der Waals surface area contributed by atoms with Crippen molar-refractivity contribution in [1.29, 1.82) is 0 Å². The Morgan fingerprint density at radius 2 is 1.90 bits per heavy atom. The minimum Gasteiger partial charge on any atom is -1.00 e. The summed E-state index contributed by atoms with van der Waals surface area (Å²) in [5.41, 5.74) is 0. The Labute approximate surface area is 154 Å². The summed E-state index contributed by atoms with van der Waals surface area (Å²) in [4.78, 5) is 0. The molecule has 2 saturated heterocycles. The van der Waals surface area contributed by atoms with Crippen LogP contribution in [0.4, 0.5) is 0 Å². The molecule has 3 unspecified atom stereocenters. The zero-order chi connectivity index (χ0) is 14.0. The number of nitrogens with zero attached hydrogens (tertiary/aromatic N) is 1. The number of fused-ring (bicyclic) bond motifs is 1. The summed E-state index contributed by atoms with van der Waals surface area (Å²) in [5, 5.41) is 0. The van der Waals surface area contributed by atoms with Gasteiger partial charge in [-0.05, 0) is 53.7 Å². The monoisotopic (exact) mass is 465 g/mol. The van der Waals surface area contributed by atoms with E-state index in [-0.39, 0.29) is 24.0 Å². The standard InChI is InChI=1S/C17H25BrNO.HI/c1-19-11-5-4-9-16(19)14(7-6-12-19)13-20-17-10-3-2-8-15(17)18;/h2-3,8,10,14,16H,4-7,9,11-13H2,1H3;1H/q+1;/p-1. The summed E-state index contributed by atoms with van der Waals surface area (Å²) in [6.07, 6.45) is 6.90. The fourth-order valence-corrected chi connectivity index (χ4v) is 4.59. The molecule has 0 bridgehead atoms. The average Bonchev–Trinajstić information content (AvgIpc) is 2.45. The molecule has 21 heavy (non-hydrogen) atoms. The van der Waals surface area contributed by atoms with E-state index in [0.29, 0.717) is 0 Å². The Bertz CT molecular complexity index is 466. The molecule has 0 spiro atoms. The largest absolute Gasteiger partial charge is 1.00 e. The van der Waals surface area contributed by atoms with Gasteiger partial charge in [0.05, 0.1) is 37.3 Å². The van der Waals surface area contributed by atoms with Crippen molar-refractivity contribution in [3.8, 4) is 5.75 Å². The van der Waals surface area contributed by atoms with E-state index in [2.05, 4.69) is 35.1 Å². The molecule has 1 aromatic carbocycles. The predicted molar refractivity (Wildman–Crippen MR) is 85.9 cm³/mol. The average molecular weight is 466 g/mol. The first kappa shape index (κ1) is 17.5. The molecule has 3 rings (SSSR count). The first-order valence-electron chi connectivity index (χ1n) is 7.91. The SMILES string of the molecule is C[N+]12CCCCC1C(COc1ccccc1Br)CCC2.[I-]. The molecule has 2 aliphatic rings. The van der Waals surface area contributed by atoms with Crippen molar-refractivity contribution in [3.63, 3.8) is 0 Å². The minimum absolute atomic E-state index is 0. The second kappa shape index (κ2) is 7.64. The van der Waals surface area contributed by atoms with Gasteiger partial charge in [0, 0.05) is 12.3 Å². The van der Waals surface area contributed by atoms with Crippen LogP contribution in [0.2, 0.25) is 0 Å². The number of piperidine rings is 2. The lowest BCUT2D eigenvalue weighted by molar-refractivity contribution is -0.947. The lowest BCUT2D eigenvalue weighted by Crippen LogP contribution is -3.00. The molecule has 0 aromatic heterocycles. The molecule has 0 aliphatic carbocycles. The summed E-state index contributed by atoms with van der Waals surface area (Å²) < 4.78 is 8.48. The Balaban J connectivity index is 0.00000161. The Hall–Kier alpha value is 0.190. The maximum Gasteiger partial charge on any atom is 0.133 e. The van der Waals surface area contributed by atoms with Gasteiger partial charge in [-0.15, -0.1) is 0 Å². The number of hydrogen-bond donors (Lipinski definition) is 0. The molecule has 2 nitrogen and oxygen atoms in total. The number of ether oxygens (including phenoxy) is 1. The van der Waals surface area contributed by atoms with Crippen LogP contribution in [0.3, 0.4) is 0 Å². The Morgan fingerprint density at radius 1 is 1.14 bits per heavy atom. The summed E-state index contributed by atoms with van der Waals surface area (Å²) in [6.45, 7) is 3.62. The van der Waals surface area contributed by atoms with Crippen molar-refractivity contribution < 1.29 is 33.2 Å². The second-order valence-corrected chi connectivity index (χ2v) is 7.49. The molecule has 0 radical (unpaired) electrons. The van der Waals surface area contributed by atoms with E-state index in [1.54, 1.807) is 0 Å². The summed E-state index contributed by atoms with van der Waals surface area (Å²) in [5.74, 6) is 1.71. The van der Waals surface area contributed by atoms with Gasteiger partial charge in [0.1, 0.15) is 5.75 Å². The maximum atomic E-state index is 6.11. The van der Waals surface area contributed by atoms with Crippen molar-refractivity contribution >= 4 is 15.9 Å². The van der Waals surface area contributed by atoms with Crippen molar-refractivity contribution in [1.82, 2.24) is 0 Å². The number of halogens is 2. The smallest absolute Gasteiger partial charge is 0.133 e. The summed E-state index contributed by atoms with van der Waals surface area (Å²) in [7, 11) is 2.47. The highest BCUT2D eigenvalue weighted by atomic mass is 127. The van der Waals surface area contributed by atoms with Gasteiger partial charge in [0.2, 0.25) is 0 Å². The van der Waals surface area contributed by atoms with Crippen LogP contribution in [0.5, 0.6) is 5.75 Å². The molecule has 3 atom stereocenters. The first-order chi connectivity index (χ1) is 9.69. The number of quaternary nitrogens is 1. The van der Waals surface area contributed by atoms with Gasteiger partial charge < -0.3 is 33.2 Å². The van der Waals surface area contributed by atoms with Crippen molar-refractivity contribution in [2.75, 3.05) is 26.7 Å². The van der Waals surface area contributed by atoms with Crippen LogP contribution in [0.25, 0.3) is 0 Å². The van der Waals surface area contributed by atoms with Crippen LogP contribution in [-0.4, -0.2) is 37.3 Å². The molecule has 4 heteroatoms. The lowest BCUT2D eigenvalue weighted by atomic mass is 9.82. The van der Waals surface area contributed by atoms with Gasteiger partial charge >= 0.3 is 0 Å². The third kappa shape index (κ3) is 3.94. The van der Waals surface area contributed by atoms with E-state index >= 15 is 0 Å². The van der Waals surface area contributed by atoms with Crippen molar-refractivity contribution in [2.24, 2.45) is 5.92 Å². The van der Waals surface area contributed by atoms with E-state index in [4.69, 9.17) is 4.74 Å². The highest BCUT2D eigenvalue weighted by Crippen LogP contribution is 2.36. The van der Waals surface area contributed by atoms with Crippen LogP contribution in [0, 0.1) is 5.92 Å². The van der Waals surface area contributed by atoms with Crippen molar-refractivity contribution in [2.45, 2.75) is 38.1 Å². The third-order valence-electron chi connectivity index (χ3n) is 5.30. The minimum atomic E-state index is 0. The number of para-hydroxylation sites is 1. The van der Waals surface area contributed by atoms with Crippen LogP contribution < -0.4 is 28.7 Å². The Morgan fingerprint density at radius 3 is 2.71 bits per heavy atom. The van der Waals surface area contributed by atoms with Gasteiger partial charge in [0.25, 0.3) is 0 Å². The predicted octanol–water partition coefficient (Wildman–Crippen LogP) is 1.24. The molecule has 0 saturated carbocycles. The van der Waals surface area contributed by atoms with Crippen LogP contribution in [-0.2, 0) is 0 Å². The Kier molecular flexibility index (Phi) is 6.38. The van der Waals surface area contributed by atoms with E-state index in [0.717, 1.165) is 28.8 Å². The third-order valence-corrected chi connectivity index (χ3v) is 5.95. The molecule has 0 N–H and O–H groups in total. The van der Waals surface area contributed by atoms with Gasteiger partial charge in [-0.2, -0.15) is 0 Å². The van der Waals surface area contributed by atoms with Gasteiger partial charge in [-0.1, -0.05) is 12.1 Å². The zero-order valence-electron chi connectivity index (χ0n) is 12.7. The van der Waals surface area contributed by atoms with Gasteiger partial charge in [0.15, 0.2) is 0 Å². The second-order valence-electron chi connectivity index (χ2n) is 6.63. The van der Waals surface area contributed by atoms with E-state index in [1.165, 1.54) is 49.7 Å². The fraction of sp³-hybridized carbons (Fsp3) is 0.647. The number of rotatable bonds is 3. The van der Waals surface area contributed by atoms with E-state index in [1.807, 2.05) is 12.1 Å². The van der Waals surface area contributed by atoms with Gasteiger partial charge in [-0.25, -0.2) is 0 Å². The molecule has 2 aliphatic heterocycles.